The monoisotopic (exact) mass is 494 g/mol. The number of carbonyl (C=O) groups is 2. The first-order valence-corrected chi connectivity index (χ1v) is 11.4. The van der Waals surface area contributed by atoms with E-state index in [1.807, 2.05) is 71.4 Å². The van der Waals surface area contributed by atoms with Crippen LogP contribution < -0.4 is 0 Å². The topological polar surface area (TPSA) is 111 Å². The van der Waals surface area contributed by atoms with Gasteiger partial charge in [-0.2, -0.15) is 0 Å². The average Bonchev–Trinajstić information content (AvgIpc) is 3.67. The first kappa shape index (κ1) is 23.6. The standard InChI is InChI=1S/C28H22N4O5/c1-18(33)36-30-27(26-10-6-16-35-26)20-11-13-21(14-12-20)32-17-23(22-7-3-4-9-25(22)32)28(31-37-19(2)34)24-8-5-15-29-24/h3-17,29H,1-2H3/b30-27-,31-28-. The van der Waals surface area contributed by atoms with Crippen LogP contribution in [0.3, 0.4) is 0 Å². The SMILES string of the molecule is CC(=O)O/N=C(/c1ccc(-n2cc(/C(=N/OC(C)=O)c3ccc[nH]3)c3ccccc32)cc1)c1ccco1. The van der Waals surface area contributed by atoms with E-state index in [4.69, 9.17) is 14.1 Å². The zero-order valence-electron chi connectivity index (χ0n) is 20.0. The highest BCUT2D eigenvalue weighted by molar-refractivity contribution is 6.19. The minimum absolute atomic E-state index is 0.396. The summed E-state index contributed by atoms with van der Waals surface area (Å²) >= 11 is 0. The number of benzene rings is 2. The first-order chi connectivity index (χ1) is 18.0. The van der Waals surface area contributed by atoms with Gasteiger partial charge in [0, 0.05) is 48.4 Å². The van der Waals surface area contributed by atoms with Gasteiger partial charge in [0.25, 0.3) is 0 Å². The highest BCUT2D eigenvalue weighted by Gasteiger charge is 2.18. The Kier molecular flexibility index (Phi) is 6.50. The summed E-state index contributed by atoms with van der Waals surface area (Å²) in [4.78, 5) is 35.9. The van der Waals surface area contributed by atoms with Crippen molar-refractivity contribution < 1.29 is 23.7 Å². The van der Waals surface area contributed by atoms with E-state index >= 15 is 0 Å². The molecule has 0 spiro atoms. The maximum Gasteiger partial charge on any atom is 0.332 e. The number of fused-ring (bicyclic) bond motifs is 1. The molecule has 9 heteroatoms. The van der Waals surface area contributed by atoms with E-state index < -0.39 is 11.9 Å². The van der Waals surface area contributed by atoms with Crippen molar-refractivity contribution >= 4 is 34.3 Å². The van der Waals surface area contributed by atoms with Gasteiger partial charge in [0.15, 0.2) is 11.5 Å². The first-order valence-electron chi connectivity index (χ1n) is 11.4. The smallest absolute Gasteiger partial charge is 0.332 e. The van der Waals surface area contributed by atoms with Crippen molar-refractivity contribution in [3.8, 4) is 5.69 Å². The molecular weight excluding hydrogens is 472 g/mol. The van der Waals surface area contributed by atoms with E-state index in [1.54, 1.807) is 18.3 Å². The highest BCUT2D eigenvalue weighted by Crippen LogP contribution is 2.28. The van der Waals surface area contributed by atoms with Crippen LogP contribution in [0.2, 0.25) is 0 Å². The molecule has 0 unspecified atom stereocenters. The van der Waals surface area contributed by atoms with Crippen molar-refractivity contribution in [2.75, 3.05) is 0 Å². The molecule has 0 aliphatic rings. The molecule has 37 heavy (non-hydrogen) atoms. The van der Waals surface area contributed by atoms with Crippen LogP contribution in [0.1, 0.15) is 36.4 Å². The predicted octanol–water partition coefficient (Wildman–Crippen LogP) is 5.18. The van der Waals surface area contributed by atoms with Crippen molar-refractivity contribution in [1.29, 1.82) is 0 Å². The molecular formula is C28H22N4O5. The van der Waals surface area contributed by atoms with Crippen LogP contribution in [-0.2, 0) is 19.3 Å². The maximum absolute atomic E-state index is 11.5. The van der Waals surface area contributed by atoms with Gasteiger partial charge in [0.05, 0.1) is 17.5 Å². The summed E-state index contributed by atoms with van der Waals surface area (Å²) < 4.78 is 7.50. The molecule has 0 aliphatic heterocycles. The molecule has 5 rings (SSSR count). The second-order valence-corrected chi connectivity index (χ2v) is 8.08. The van der Waals surface area contributed by atoms with Gasteiger partial charge in [0.1, 0.15) is 5.71 Å². The number of rotatable bonds is 7. The molecule has 0 atom stereocenters. The molecule has 9 nitrogen and oxygen atoms in total. The maximum atomic E-state index is 11.5. The molecule has 1 N–H and O–H groups in total. The van der Waals surface area contributed by atoms with E-state index in [-0.39, 0.29) is 0 Å². The van der Waals surface area contributed by atoms with Gasteiger partial charge in [-0.1, -0.05) is 40.6 Å². The van der Waals surface area contributed by atoms with Gasteiger partial charge in [-0.3, -0.25) is 0 Å². The van der Waals surface area contributed by atoms with E-state index in [0.717, 1.165) is 22.2 Å². The molecule has 3 aromatic heterocycles. The third-order valence-corrected chi connectivity index (χ3v) is 5.52. The van der Waals surface area contributed by atoms with Crippen molar-refractivity contribution in [2.24, 2.45) is 10.3 Å². The van der Waals surface area contributed by atoms with Crippen molar-refractivity contribution in [3.63, 3.8) is 0 Å². The zero-order chi connectivity index (χ0) is 25.8. The highest BCUT2D eigenvalue weighted by atomic mass is 16.7. The Labute approximate surface area is 211 Å². The van der Waals surface area contributed by atoms with Crippen molar-refractivity contribution in [1.82, 2.24) is 9.55 Å². The van der Waals surface area contributed by atoms with E-state index in [9.17, 15) is 9.59 Å². The van der Waals surface area contributed by atoms with Gasteiger partial charge in [-0.25, -0.2) is 9.59 Å². The zero-order valence-corrected chi connectivity index (χ0v) is 20.0. The lowest BCUT2D eigenvalue weighted by molar-refractivity contribution is -0.141. The van der Waals surface area contributed by atoms with Crippen LogP contribution in [0.15, 0.2) is 106 Å². The molecule has 0 fully saturated rings. The largest absolute Gasteiger partial charge is 0.463 e. The number of hydrogen-bond donors (Lipinski definition) is 1. The molecule has 3 heterocycles. The van der Waals surface area contributed by atoms with Gasteiger partial charge >= 0.3 is 11.9 Å². The normalized spacial score (nSPS) is 12.1. The Morgan fingerprint density at radius 2 is 1.57 bits per heavy atom. The lowest BCUT2D eigenvalue weighted by atomic mass is 10.1. The minimum Gasteiger partial charge on any atom is -0.463 e. The molecule has 0 aliphatic carbocycles. The summed E-state index contributed by atoms with van der Waals surface area (Å²) in [6, 6.07) is 22.7. The van der Waals surface area contributed by atoms with Gasteiger partial charge < -0.3 is 23.6 Å². The molecule has 0 radical (unpaired) electrons. The summed E-state index contributed by atoms with van der Waals surface area (Å²) in [5.74, 6) is -0.563. The Bertz CT molecular complexity index is 1610. The summed E-state index contributed by atoms with van der Waals surface area (Å²) in [6.07, 6.45) is 5.26. The number of aromatic amines is 1. The lowest BCUT2D eigenvalue weighted by Gasteiger charge is -2.08. The molecule has 0 saturated heterocycles. The Morgan fingerprint density at radius 3 is 2.22 bits per heavy atom. The van der Waals surface area contributed by atoms with E-state index in [2.05, 4.69) is 15.3 Å². The Hall–Kier alpha value is -5.18. The minimum atomic E-state index is -0.527. The number of furan rings is 1. The van der Waals surface area contributed by atoms with Crippen LogP contribution in [0, 0.1) is 0 Å². The molecule has 0 bridgehead atoms. The Balaban J connectivity index is 1.59. The van der Waals surface area contributed by atoms with Gasteiger partial charge in [-0.05, 0) is 42.5 Å². The predicted molar refractivity (Wildman–Crippen MR) is 138 cm³/mol. The number of nitrogens with one attached hydrogen (secondary N) is 1. The number of nitrogens with zero attached hydrogens (tertiary/aromatic N) is 3. The van der Waals surface area contributed by atoms with Crippen LogP contribution in [0.5, 0.6) is 0 Å². The molecule has 184 valence electrons. The summed E-state index contributed by atoms with van der Waals surface area (Å²) in [5, 5.41) is 9.06. The summed E-state index contributed by atoms with van der Waals surface area (Å²) in [5.41, 5.74) is 4.91. The van der Waals surface area contributed by atoms with E-state index in [0.29, 0.717) is 28.4 Å². The van der Waals surface area contributed by atoms with E-state index in [1.165, 1.54) is 20.1 Å². The third-order valence-electron chi connectivity index (χ3n) is 5.52. The molecule has 2 aromatic carbocycles. The van der Waals surface area contributed by atoms with Crippen molar-refractivity contribution in [3.05, 3.63) is 114 Å². The second-order valence-electron chi connectivity index (χ2n) is 8.08. The molecule has 0 saturated carbocycles. The van der Waals surface area contributed by atoms with Crippen molar-refractivity contribution in [2.45, 2.75) is 13.8 Å². The van der Waals surface area contributed by atoms with Gasteiger partial charge in [-0.15, -0.1) is 0 Å². The fraction of sp³-hybridized carbons (Fsp3) is 0.0714. The number of para-hydroxylation sites is 1. The second kappa shape index (κ2) is 10.2. The summed E-state index contributed by atoms with van der Waals surface area (Å²) in [7, 11) is 0. The lowest BCUT2D eigenvalue weighted by Crippen LogP contribution is -2.06. The quantitative estimate of drug-likeness (QED) is 0.190. The number of carbonyl (C=O) groups excluding carboxylic acids is 2. The van der Waals surface area contributed by atoms with Crippen LogP contribution in [0.4, 0.5) is 0 Å². The number of H-pyrrole nitrogens is 1. The molecule has 0 amide bonds. The fourth-order valence-electron chi connectivity index (χ4n) is 3.96. The average molecular weight is 495 g/mol. The van der Waals surface area contributed by atoms with Crippen LogP contribution in [-0.4, -0.2) is 32.9 Å². The number of hydrogen-bond acceptors (Lipinski definition) is 7. The Morgan fingerprint density at radius 1 is 0.838 bits per heavy atom. The van der Waals surface area contributed by atoms with Gasteiger partial charge in [0.2, 0.25) is 0 Å². The third kappa shape index (κ3) is 4.96. The van der Waals surface area contributed by atoms with Crippen LogP contribution in [0.25, 0.3) is 16.6 Å². The number of aromatic nitrogens is 2. The summed E-state index contributed by atoms with van der Waals surface area (Å²) in [6.45, 7) is 2.59. The van der Waals surface area contributed by atoms with Crippen LogP contribution >= 0.6 is 0 Å². The fourth-order valence-corrected chi connectivity index (χ4v) is 3.96. The number of oxime groups is 2. The molecule has 5 aromatic rings.